The van der Waals surface area contributed by atoms with E-state index in [-0.39, 0.29) is 18.9 Å². The van der Waals surface area contributed by atoms with Crippen LogP contribution in [0.1, 0.15) is 123 Å². The van der Waals surface area contributed by atoms with Crippen molar-refractivity contribution in [2.45, 2.75) is 129 Å². The Morgan fingerprint density at radius 3 is 2.18 bits per heavy atom. The number of carbonyl (C=O) groups excluding carboxylic acids is 3. The van der Waals surface area contributed by atoms with Crippen molar-refractivity contribution in [1.82, 2.24) is 10.3 Å². The lowest BCUT2D eigenvalue weighted by molar-refractivity contribution is -0.153. The summed E-state index contributed by atoms with van der Waals surface area (Å²) in [5, 5.41) is 8.65. The first-order valence-electron chi connectivity index (χ1n) is 17.0. The highest BCUT2D eigenvalue weighted by Crippen LogP contribution is 2.35. The lowest BCUT2D eigenvalue weighted by atomic mass is 9.83. The first-order valence-corrected chi connectivity index (χ1v) is 17.0. The number of unbranched alkanes of at least 4 members (excludes halogenated alkanes) is 12. The Kier molecular flexibility index (Phi) is 15.4. The number of ketones is 1. The van der Waals surface area contributed by atoms with Crippen molar-refractivity contribution < 1.29 is 28.3 Å². The smallest absolute Gasteiger partial charge is 0.308 e. The van der Waals surface area contributed by atoms with Gasteiger partial charge in [-0.2, -0.15) is 0 Å². The number of nitrogens with zero attached hydrogens (tertiary/aromatic N) is 2. The monoisotopic (exact) mass is 625 g/mol. The highest BCUT2D eigenvalue weighted by Gasteiger charge is 2.51. The molecule has 0 spiro atoms. The van der Waals surface area contributed by atoms with Gasteiger partial charge in [0.1, 0.15) is 18.4 Å². The second-order valence-electron chi connectivity index (χ2n) is 12.5. The van der Waals surface area contributed by atoms with Gasteiger partial charge in [-0.25, -0.2) is 4.39 Å². The molecule has 248 valence electrons. The number of hydrogen-bond donors (Lipinski definition) is 1. The molecule has 0 saturated heterocycles. The summed E-state index contributed by atoms with van der Waals surface area (Å²) in [6, 6.07) is 8.25. The van der Waals surface area contributed by atoms with Gasteiger partial charge in [-0.3, -0.25) is 19.4 Å². The van der Waals surface area contributed by atoms with E-state index in [1.807, 2.05) is 44.2 Å². The van der Waals surface area contributed by atoms with Gasteiger partial charge in [0.15, 0.2) is 5.78 Å². The first kappa shape index (κ1) is 36.1. The second kappa shape index (κ2) is 19.2. The minimum absolute atomic E-state index is 0.109. The number of nitrogens with one attached hydrogen (secondary N) is 1. The van der Waals surface area contributed by atoms with Crippen LogP contribution in [0.25, 0.3) is 10.8 Å². The summed E-state index contributed by atoms with van der Waals surface area (Å²) >= 11 is 0. The third kappa shape index (κ3) is 10.9. The summed E-state index contributed by atoms with van der Waals surface area (Å²) in [6.07, 6.45) is 17.1. The number of aromatic nitrogens is 1. The predicted molar refractivity (Wildman–Crippen MR) is 176 cm³/mol. The predicted octanol–water partition coefficient (Wildman–Crippen LogP) is 7.80. The van der Waals surface area contributed by atoms with Crippen LogP contribution in [0.2, 0.25) is 0 Å². The molecule has 3 rings (SSSR count). The fourth-order valence-corrected chi connectivity index (χ4v) is 5.77. The summed E-state index contributed by atoms with van der Waals surface area (Å²) in [4.78, 5) is 48.8. The number of Topliss-reactive ketones (excluding diaryl/α,β-unsaturated/α-hetero) is 1. The van der Waals surface area contributed by atoms with Crippen LogP contribution in [0.15, 0.2) is 41.7 Å². The van der Waals surface area contributed by atoms with Crippen LogP contribution in [-0.2, 0) is 24.0 Å². The molecule has 2 atom stereocenters. The van der Waals surface area contributed by atoms with E-state index < -0.39 is 42.4 Å². The largest absolute Gasteiger partial charge is 0.466 e. The van der Waals surface area contributed by atoms with Gasteiger partial charge in [0.05, 0.1) is 18.7 Å². The number of ether oxygens (including phenoxy) is 1. The summed E-state index contributed by atoms with van der Waals surface area (Å²) in [5.74, 6) is -2.52. The van der Waals surface area contributed by atoms with Crippen molar-refractivity contribution >= 4 is 34.1 Å². The lowest BCUT2D eigenvalue weighted by Crippen LogP contribution is -2.55. The van der Waals surface area contributed by atoms with Gasteiger partial charge in [0.2, 0.25) is 5.60 Å². The van der Waals surface area contributed by atoms with Crippen LogP contribution in [-0.4, -0.2) is 53.3 Å². The van der Waals surface area contributed by atoms with E-state index >= 15 is 0 Å². The summed E-state index contributed by atoms with van der Waals surface area (Å²) in [6.45, 7) is 4.78. The third-order valence-corrected chi connectivity index (χ3v) is 8.72. The minimum atomic E-state index is -1.44. The van der Waals surface area contributed by atoms with E-state index in [0.29, 0.717) is 11.4 Å². The van der Waals surface area contributed by atoms with Gasteiger partial charge in [-0.15, -0.1) is 0 Å². The second-order valence-corrected chi connectivity index (χ2v) is 12.5. The molecule has 0 fully saturated rings. The van der Waals surface area contributed by atoms with Crippen LogP contribution in [0.4, 0.5) is 4.39 Å². The number of rotatable bonds is 22. The number of oxime groups is 1. The van der Waals surface area contributed by atoms with Gasteiger partial charge in [-0.05, 0) is 17.9 Å². The molecule has 0 radical (unpaired) electrons. The van der Waals surface area contributed by atoms with Crippen molar-refractivity contribution in [2.24, 2.45) is 11.1 Å². The van der Waals surface area contributed by atoms with E-state index in [9.17, 15) is 18.8 Å². The van der Waals surface area contributed by atoms with Gasteiger partial charge < -0.3 is 14.9 Å². The molecule has 1 aliphatic heterocycles. The normalized spacial score (nSPS) is 16.8. The number of fused-ring (bicyclic) bond motifs is 1. The van der Waals surface area contributed by atoms with Crippen LogP contribution in [0.3, 0.4) is 0 Å². The molecule has 1 amide bonds. The molecule has 2 aromatic rings. The molecule has 0 saturated carbocycles. The number of halogens is 1. The zero-order valence-electron chi connectivity index (χ0n) is 27.5. The molecule has 1 unspecified atom stereocenters. The number of alkyl halides is 1. The summed E-state index contributed by atoms with van der Waals surface area (Å²) in [7, 11) is 0. The van der Waals surface area contributed by atoms with Crippen LogP contribution in [0.5, 0.6) is 0 Å². The molecular formula is C36H52FN3O5. The zero-order chi connectivity index (χ0) is 32.5. The average molecular weight is 626 g/mol. The maximum absolute atomic E-state index is 13.6. The number of benzene rings is 1. The topological polar surface area (TPSA) is 107 Å². The quantitative estimate of drug-likeness (QED) is 0.106. The Balaban J connectivity index is 1.42. The molecule has 1 aromatic heterocycles. The Morgan fingerprint density at radius 2 is 1.56 bits per heavy atom. The molecule has 2 heterocycles. The Bertz CT molecular complexity index is 1260. The average Bonchev–Trinajstić information content (AvgIpc) is 3.51. The molecule has 0 aliphatic carbocycles. The number of pyridine rings is 1. The molecule has 1 aromatic carbocycles. The van der Waals surface area contributed by atoms with E-state index in [4.69, 9.17) is 9.57 Å². The number of amides is 1. The fraction of sp³-hybridized carbons (Fsp3) is 0.639. The molecule has 0 bridgehead atoms. The summed E-state index contributed by atoms with van der Waals surface area (Å²) < 4.78 is 18.8. The van der Waals surface area contributed by atoms with Gasteiger partial charge >= 0.3 is 5.97 Å². The van der Waals surface area contributed by atoms with Gasteiger partial charge in [0.25, 0.3) is 5.91 Å². The van der Waals surface area contributed by atoms with Gasteiger partial charge in [0, 0.05) is 23.9 Å². The maximum atomic E-state index is 13.6. The van der Waals surface area contributed by atoms with Crippen molar-refractivity contribution in [1.29, 1.82) is 0 Å². The Labute approximate surface area is 267 Å². The third-order valence-electron chi connectivity index (χ3n) is 8.72. The standard InChI is InChI=1S/C36H52FN3O5/c1-4-5-6-7-8-9-10-11-12-13-14-15-18-23-44-33(42)24-30(32(41)26-37)39-35(43)36(27(2)3)25-31(40-45-36)34-29-20-17-16-19-28(29)21-22-38-34/h16-17,19-22,27,30H,4-15,18,23-26H2,1-3H3,(H,39,43)/t30-,36?/m0/s1. The molecule has 1 aliphatic rings. The zero-order valence-corrected chi connectivity index (χ0v) is 27.5. The SMILES string of the molecule is CCCCCCCCCCCCCCCOC(=O)C[C@H](NC(=O)C1(C(C)C)CC(c2nccc3ccccc23)=NO1)C(=O)CF. The van der Waals surface area contributed by atoms with E-state index in [1.165, 1.54) is 64.2 Å². The van der Waals surface area contributed by atoms with Crippen molar-refractivity contribution in [3.63, 3.8) is 0 Å². The minimum Gasteiger partial charge on any atom is -0.466 e. The van der Waals surface area contributed by atoms with Gasteiger partial charge in [-0.1, -0.05) is 127 Å². The van der Waals surface area contributed by atoms with E-state index in [0.717, 1.165) is 30.0 Å². The van der Waals surface area contributed by atoms with Crippen LogP contribution >= 0.6 is 0 Å². The number of esters is 1. The molecule has 8 nitrogen and oxygen atoms in total. The molecule has 9 heteroatoms. The fourth-order valence-electron chi connectivity index (χ4n) is 5.77. The highest BCUT2D eigenvalue weighted by atomic mass is 19.1. The van der Waals surface area contributed by atoms with Crippen molar-refractivity contribution in [3.05, 3.63) is 42.2 Å². The van der Waals surface area contributed by atoms with Crippen LogP contribution in [0, 0.1) is 5.92 Å². The number of hydrogen-bond acceptors (Lipinski definition) is 7. The summed E-state index contributed by atoms with van der Waals surface area (Å²) in [5.41, 5.74) is -0.334. The molecule has 1 N–H and O–H groups in total. The molecule has 45 heavy (non-hydrogen) atoms. The molecular weight excluding hydrogens is 573 g/mol. The highest BCUT2D eigenvalue weighted by molar-refractivity contribution is 6.12. The van der Waals surface area contributed by atoms with E-state index in [2.05, 4.69) is 22.4 Å². The first-order chi connectivity index (χ1) is 21.8. The maximum Gasteiger partial charge on any atom is 0.308 e. The Hall–Kier alpha value is -3.36. The van der Waals surface area contributed by atoms with Crippen molar-refractivity contribution in [3.8, 4) is 0 Å². The lowest BCUT2D eigenvalue weighted by Gasteiger charge is -2.30. The van der Waals surface area contributed by atoms with E-state index in [1.54, 1.807) is 6.20 Å². The van der Waals surface area contributed by atoms with Crippen molar-refractivity contribution in [2.75, 3.05) is 13.3 Å². The number of carbonyl (C=O) groups is 3. The van der Waals surface area contributed by atoms with Crippen LogP contribution < -0.4 is 5.32 Å². The Morgan fingerprint density at radius 1 is 0.933 bits per heavy atom.